The molecule has 0 spiro atoms. The Morgan fingerprint density at radius 3 is 2.04 bits per heavy atom. The van der Waals surface area contributed by atoms with Crippen LogP contribution in [0.15, 0.2) is 102 Å². The van der Waals surface area contributed by atoms with Crippen LogP contribution in [0, 0.1) is 6.92 Å². The summed E-state index contributed by atoms with van der Waals surface area (Å²) in [4.78, 5) is 4.63. The fourth-order valence-electron chi connectivity index (χ4n) is 2.24. The minimum atomic E-state index is 0.496. The van der Waals surface area contributed by atoms with Crippen molar-refractivity contribution in [2.45, 2.75) is 13.8 Å². The monoisotopic (exact) mass is 343 g/mol. The molecule has 3 rings (SSSR count). The molecule has 0 radical (unpaired) electrons. The van der Waals surface area contributed by atoms with E-state index in [1.807, 2.05) is 98.8 Å². The largest absolute Gasteiger partial charge is 0.465 e. The maximum Gasteiger partial charge on any atom is 0.225 e. The van der Waals surface area contributed by atoms with Crippen LogP contribution in [0.2, 0.25) is 0 Å². The van der Waals surface area contributed by atoms with Gasteiger partial charge < -0.3 is 9.47 Å². The van der Waals surface area contributed by atoms with Gasteiger partial charge in [0.15, 0.2) is 0 Å². The second kappa shape index (κ2) is 8.67. The normalized spacial score (nSPS) is 11.9. The molecule has 26 heavy (non-hydrogen) atoms. The molecule has 3 nitrogen and oxygen atoms in total. The second-order valence-corrected chi connectivity index (χ2v) is 5.90. The molecular weight excluding hydrogens is 322 g/mol. The van der Waals surface area contributed by atoms with Crippen molar-refractivity contribution >= 4 is 11.6 Å². The number of benzene rings is 3. The zero-order chi connectivity index (χ0) is 18.2. The lowest BCUT2D eigenvalue weighted by molar-refractivity contribution is 0.473. The molecule has 0 aliphatic rings. The number of para-hydroxylation sites is 2. The molecule has 0 heterocycles. The molecule has 130 valence electrons. The van der Waals surface area contributed by atoms with Gasteiger partial charge in [-0.05, 0) is 50.2 Å². The Balaban J connectivity index is 1.86. The molecule has 0 bridgehead atoms. The van der Waals surface area contributed by atoms with E-state index in [9.17, 15) is 0 Å². The highest BCUT2D eigenvalue weighted by molar-refractivity contribution is 5.96. The van der Waals surface area contributed by atoms with Crippen molar-refractivity contribution < 1.29 is 9.47 Å². The number of aliphatic imine (C=N–C) groups is 1. The van der Waals surface area contributed by atoms with Gasteiger partial charge in [0, 0.05) is 5.57 Å². The van der Waals surface area contributed by atoms with E-state index in [0.717, 1.165) is 22.8 Å². The molecule has 0 saturated heterocycles. The summed E-state index contributed by atoms with van der Waals surface area (Å²) in [5, 5.41) is 0. The molecule has 0 fully saturated rings. The average molecular weight is 343 g/mol. The molecule has 0 unspecified atom stereocenters. The third-order valence-corrected chi connectivity index (χ3v) is 3.67. The Bertz CT molecular complexity index is 883. The predicted octanol–water partition coefficient (Wildman–Crippen LogP) is 6.09. The second-order valence-electron chi connectivity index (χ2n) is 5.90. The SMILES string of the molecule is CC(=C\Oc1ccccc1)/C(=N/c1ccccc1)Oc1ccc(C)cc1. The van der Waals surface area contributed by atoms with E-state index < -0.39 is 0 Å². The number of rotatable bonds is 5. The third-order valence-electron chi connectivity index (χ3n) is 3.67. The number of ether oxygens (including phenoxy) is 2. The van der Waals surface area contributed by atoms with Crippen molar-refractivity contribution in [1.82, 2.24) is 0 Å². The minimum absolute atomic E-state index is 0.496. The van der Waals surface area contributed by atoms with Crippen LogP contribution in [0.25, 0.3) is 0 Å². The van der Waals surface area contributed by atoms with Gasteiger partial charge >= 0.3 is 0 Å². The van der Waals surface area contributed by atoms with E-state index in [2.05, 4.69) is 4.99 Å². The molecule has 3 aromatic carbocycles. The van der Waals surface area contributed by atoms with Crippen LogP contribution >= 0.6 is 0 Å². The summed E-state index contributed by atoms with van der Waals surface area (Å²) in [5.41, 5.74) is 2.79. The van der Waals surface area contributed by atoms with E-state index >= 15 is 0 Å². The highest BCUT2D eigenvalue weighted by Crippen LogP contribution is 2.18. The summed E-state index contributed by atoms with van der Waals surface area (Å²) < 4.78 is 11.7. The van der Waals surface area contributed by atoms with Crippen LogP contribution < -0.4 is 9.47 Å². The van der Waals surface area contributed by atoms with Gasteiger partial charge in [0.2, 0.25) is 5.90 Å². The smallest absolute Gasteiger partial charge is 0.225 e. The van der Waals surface area contributed by atoms with E-state index in [4.69, 9.17) is 9.47 Å². The van der Waals surface area contributed by atoms with Crippen molar-refractivity contribution in [2.24, 2.45) is 4.99 Å². The fraction of sp³-hybridized carbons (Fsp3) is 0.0870. The van der Waals surface area contributed by atoms with Crippen molar-refractivity contribution in [1.29, 1.82) is 0 Å². The minimum Gasteiger partial charge on any atom is -0.465 e. The standard InChI is InChI=1S/C23H21NO2/c1-18-13-15-22(16-14-18)26-23(24-20-9-5-3-6-10-20)19(2)17-25-21-11-7-4-8-12-21/h3-17H,1-2H3/b19-17+,24-23-. The summed E-state index contributed by atoms with van der Waals surface area (Å²) in [6.45, 7) is 3.96. The van der Waals surface area contributed by atoms with Crippen molar-refractivity contribution in [2.75, 3.05) is 0 Å². The van der Waals surface area contributed by atoms with E-state index in [-0.39, 0.29) is 0 Å². The van der Waals surface area contributed by atoms with Crippen LogP contribution in [0.1, 0.15) is 12.5 Å². The predicted molar refractivity (Wildman–Crippen MR) is 106 cm³/mol. The highest BCUT2D eigenvalue weighted by atomic mass is 16.5. The molecule has 3 aromatic rings. The van der Waals surface area contributed by atoms with Gasteiger partial charge in [0.05, 0.1) is 11.9 Å². The van der Waals surface area contributed by atoms with E-state index in [1.54, 1.807) is 6.26 Å². The molecule has 0 saturated carbocycles. The number of hydrogen-bond acceptors (Lipinski definition) is 3. The number of hydrogen-bond donors (Lipinski definition) is 0. The molecule has 0 aliphatic heterocycles. The Morgan fingerprint density at radius 2 is 1.38 bits per heavy atom. The first-order chi connectivity index (χ1) is 12.7. The molecule has 0 aliphatic carbocycles. The summed E-state index contributed by atoms with van der Waals surface area (Å²) in [7, 11) is 0. The summed E-state index contributed by atoms with van der Waals surface area (Å²) >= 11 is 0. The van der Waals surface area contributed by atoms with Crippen LogP contribution in [0.4, 0.5) is 5.69 Å². The first kappa shape index (κ1) is 17.5. The lowest BCUT2D eigenvalue weighted by Gasteiger charge is -2.10. The first-order valence-electron chi connectivity index (χ1n) is 8.48. The lowest BCUT2D eigenvalue weighted by atomic mass is 10.2. The molecule has 0 amide bonds. The zero-order valence-electron chi connectivity index (χ0n) is 14.9. The van der Waals surface area contributed by atoms with E-state index in [1.165, 1.54) is 5.56 Å². The highest BCUT2D eigenvalue weighted by Gasteiger charge is 2.08. The quantitative estimate of drug-likeness (QED) is 0.319. The van der Waals surface area contributed by atoms with Crippen LogP contribution in [0.3, 0.4) is 0 Å². The van der Waals surface area contributed by atoms with Crippen molar-refractivity contribution in [3.05, 3.63) is 102 Å². The maximum atomic E-state index is 6.03. The topological polar surface area (TPSA) is 30.8 Å². The Kier molecular flexibility index (Phi) is 5.84. The van der Waals surface area contributed by atoms with Gasteiger partial charge in [-0.1, -0.05) is 54.1 Å². The van der Waals surface area contributed by atoms with Crippen LogP contribution in [-0.2, 0) is 0 Å². The third kappa shape index (κ3) is 5.08. The van der Waals surface area contributed by atoms with Gasteiger partial charge in [-0.15, -0.1) is 0 Å². The molecule has 3 heteroatoms. The molecular formula is C23H21NO2. The van der Waals surface area contributed by atoms with Crippen molar-refractivity contribution in [3.8, 4) is 11.5 Å². The first-order valence-corrected chi connectivity index (χ1v) is 8.48. The van der Waals surface area contributed by atoms with Crippen LogP contribution in [-0.4, -0.2) is 5.90 Å². The average Bonchev–Trinajstić information content (AvgIpc) is 2.69. The summed E-state index contributed by atoms with van der Waals surface area (Å²) in [6, 6.07) is 27.2. The van der Waals surface area contributed by atoms with Gasteiger partial charge in [0.25, 0.3) is 0 Å². The van der Waals surface area contributed by atoms with Gasteiger partial charge in [-0.25, -0.2) is 4.99 Å². The van der Waals surface area contributed by atoms with Crippen molar-refractivity contribution in [3.63, 3.8) is 0 Å². The Morgan fingerprint density at radius 1 is 0.769 bits per heavy atom. The van der Waals surface area contributed by atoms with Crippen LogP contribution in [0.5, 0.6) is 11.5 Å². The Hall–Kier alpha value is -3.33. The van der Waals surface area contributed by atoms with E-state index in [0.29, 0.717) is 5.90 Å². The van der Waals surface area contributed by atoms with Gasteiger partial charge in [0.1, 0.15) is 11.5 Å². The van der Waals surface area contributed by atoms with Gasteiger partial charge in [-0.2, -0.15) is 0 Å². The fourth-order valence-corrected chi connectivity index (χ4v) is 2.24. The number of aryl methyl sites for hydroxylation is 1. The molecule has 0 aromatic heterocycles. The summed E-state index contributed by atoms with van der Waals surface area (Å²) in [5.74, 6) is 2.00. The lowest BCUT2D eigenvalue weighted by Crippen LogP contribution is -2.10. The molecule has 0 N–H and O–H groups in total. The maximum absolute atomic E-state index is 6.03. The summed E-state index contributed by atoms with van der Waals surface area (Å²) in [6.07, 6.45) is 1.66. The Labute approximate surface area is 154 Å². The number of nitrogens with zero attached hydrogens (tertiary/aromatic N) is 1. The zero-order valence-corrected chi connectivity index (χ0v) is 14.9. The molecule has 0 atom stereocenters. The van der Waals surface area contributed by atoms with Gasteiger partial charge in [-0.3, -0.25) is 0 Å².